The van der Waals surface area contributed by atoms with Gasteiger partial charge in [0, 0.05) is 48.2 Å². The maximum Gasteiger partial charge on any atom is 0.326 e. The highest BCUT2D eigenvalue weighted by Crippen LogP contribution is 2.20. The Kier molecular flexibility index (Phi) is 19.1. The number of hydrogen-bond acceptors (Lipinski definition) is 12. The predicted octanol–water partition coefficient (Wildman–Crippen LogP) is 1.90. The third kappa shape index (κ3) is 17.1. The van der Waals surface area contributed by atoms with E-state index in [1.54, 1.807) is 0 Å². The van der Waals surface area contributed by atoms with E-state index < -0.39 is 116 Å². The summed E-state index contributed by atoms with van der Waals surface area (Å²) in [6.45, 7) is -0.601. The Morgan fingerprint density at radius 1 is 0.551 bits per heavy atom. The van der Waals surface area contributed by atoms with Gasteiger partial charge in [-0.3, -0.25) is 23.6 Å². The standard InChI is InChI=1S/C43H46FN9O16/c44-15-1-2-28-21-53(52-51-28)29-19-24(36(58)45-26-7-3-22(4-8-26)16-32(40(64)65)49-42(68)47-30(38(60)61)11-13-34(54)55)18-25(20-29)37(59)46-27-9-5-23(6-10-27)17-33(41(66)67)50-43(69)48-31(39(62)63)12-14-35(56)57/h3-10,18-21,30-33H,1-2,11-17H2,(H,45,58)(H,46,59)(H,54,55)(H,56,57)(H,60,61)(H,62,63)(H,64,65)(H,66,67)(H2,47,49,68)(H2,48,50,69)/t30-,31-,32-,33-/m0/s1/i44-1. The van der Waals surface area contributed by atoms with Crippen molar-refractivity contribution >= 4 is 71.1 Å². The number of aliphatic carboxylic acids is 6. The number of anilines is 2. The van der Waals surface area contributed by atoms with E-state index in [2.05, 4.69) is 31.6 Å². The molecule has 0 aliphatic carbocycles. The van der Waals surface area contributed by atoms with E-state index in [-0.39, 0.29) is 53.9 Å². The Morgan fingerprint density at radius 2 is 0.942 bits per heavy atom. The van der Waals surface area contributed by atoms with Crippen LogP contribution in [0.2, 0.25) is 0 Å². The molecule has 1 heterocycles. The molecular weight excluding hydrogens is 917 g/mol. The quantitative estimate of drug-likeness (QED) is 0.0427. The van der Waals surface area contributed by atoms with E-state index in [0.29, 0.717) is 16.8 Å². The lowest BCUT2D eigenvalue weighted by Gasteiger charge is -2.18. The minimum Gasteiger partial charge on any atom is -0.481 e. The second kappa shape index (κ2) is 25.1. The summed E-state index contributed by atoms with van der Waals surface area (Å²) >= 11 is 0. The number of amides is 6. The van der Waals surface area contributed by atoms with Crippen molar-refractivity contribution < 1.29 is 83.0 Å². The summed E-state index contributed by atoms with van der Waals surface area (Å²) in [5.74, 6) is -10.00. The number of benzene rings is 3. The number of urea groups is 2. The van der Waals surface area contributed by atoms with Crippen LogP contribution >= 0.6 is 0 Å². The van der Waals surface area contributed by atoms with Crippen molar-refractivity contribution in [3.63, 3.8) is 0 Å². The highest BCUT2D eigenvalue weighted by molar-refractivity contribution is 6.09. The molecule has 3 aromatic carbocycles. The zero-order valence-corrected chi connectivity index (χ0v) is 36.1. The van der Waals surface area contributed by atoms with E-state index in [1.165, 1.54) is 77.6 Å². The summed E-state index contributed by atoms with van der Waals surface area (Å²) in [6.07, 6.45) is -0.689. The summed E-state index contributed by atoms with van der Waals surface area (Å²) in [4.78, 5) is 121. The SMILES string of the molecule is O=C(O)CC[C@H](NC(=O)N[C@@H](Cc1ccc(NC(=O)c2cc(C(=O)Nc3ccc(C[C@H](NC(=O)N[C@@H](CCC(=O)O)C(=O)O)C(=O)O)cc3)cc(-n3cc(CCC[18F])nn3)c2)cc1)C(=O)O)C(=O)O. The lowest BCUT2D eigenvalue weighted by molar-refractivity contribution is -0.142. The van der Waals surface area contributed by atoms with Crippen LogP contribution in [0.4, 0.5) is 25.4 Å². The monoisotopic (exact) mass is 962 g/mol. The predicted molar refractivity (Wildman–Crippen MR) is 235 cm³/mol. The van der Waals surface area contributed by atoms with Crippen molar-refractivity contribution in [2.45, 2.75) is 75.5 Å². The Balaban J connectivity index is 1.48. The van der Waals surface area contributed by atoms with Gasteiger partial charge in [0.1, 0.15) is 24.2 Å². The Morgan fingerprint density at radius 3 is 1.30 bits per heavy atom. The van der Waals surface area contributed by atoms with Gasteiger partial charge in [0.2, 0.25) is 0 Å². The number of carboxylic acid groups (broad SMARTS) is 6. The Bertz CT molecular complexity index is 2410. The summed E-state index contributed by atoms with van der Waals surface area (Å²) in [6, 6.07) is 6.97. The van der Waals surface area contributed by atoms with Crippen LogP contribution in [0.25, 0.3) is 5.69 Å². The molecule has 0 spiro atoms. The molecule has 0 bridgehead atoms. The average molecular weight is 963 g/mol. The first-order chi connectivity index (χ1) is 32.7. The maximum atomic E-state index is 13.7. The number of nitrogens with one attached hydrogen (secondary N) is 6. The smallest absolute Gasteiger partial charge is 0.326 e. The highest BCUT2D eigenvalue weighted by Gasteiger charge is 2.27. The van der Waals surface area contributed by atoms with E-state index in [0.717, 1.165) is 0 Å². The molecule has 1 aromatic heterocycles. The Hall–Kier alpha value is -8.97. The molecule has 0 radical (unpaired) electrons. The van der Waals surface area contributed by atoms with Gasteiger partial charge in [-0.2, -0.15) is 0 Å². The number of carbonyl (C=O) groups is 10. The third-order valence-corrected chi connectivity index (χ3v) is 9.82. The summed E-state index contributed by atoms with van der Waals surface area (Å²) in [7, 11) is 0. The van der Waals surface area contributed by atoms with Gasteiger partial charge in [-0.15, -0.1) is 5.10 Å². The van der Waals surface area contributed by atoms with Crippen LogP contribution in [0.3, 0.4) is 0 Å². The van der Waals surface area contributed by atoms with Crippen molar-refractivity contribution in [2.75, 3.05) is 17.3 Å². The summed E-state index contributed by atoms with van der Waals surface area (Å²) < 4.78 is 14.2. The van der Waals surface area contributed by atoms with Gasteiger partial charge in [-0.05, 0) is 79.3 Å². The second-order valence-corrected chi connectivity index (χ2v) is 15.1. The van der Waals surface area contributed by atoms with Gasteiger partial charge in [0.25, 0.3) is 11.8 Å². The normalized spacial score (nSPS) is 12.5. The minimum atomic E-state index is -1.60. The molecule has 366 valence electrons. The van der Waals surface area contributed by atoms with E-state index >= 15 is 0 Å². The van der Waals surface area contributed by atoms with Gasteiger partial charge >= 0.3 is 47.9 Å². The molecule has 0 aliphatic rings. The van der Waals surface area contributed by atoms with Gasteiger partial charge in [-0.25, -0.2) is 33.4 Å². The average Bonchev–Trinajstić information content (AvgIpc) is 3.77. The zero-order valence-electron chi connectivity index (χ0n) is 36.1. The van der Waals surface area contributed by atoms with Gasteiger partial charge in [0.05, 0.1) is 24.3 Å². The molecule has 6 amide bonds. The van der Waals surface area contributed by atoms with Crippen LogP contribution in [0.15, 0.2) is 72.9 Å². The van der Waals surface area contributed by atoms with E-state index in [4.69, 9.17) is 10.2 Å². The molecule has 69 heavy (non-hydrogen) atoms. The molecule has 0 aliphatic heterocycles. The number of halogens is 1. The van der Waals surface area contributed by atoms with Crippen LogP contribution in [0, 0.1) is 0 Å². The number of rotatable bonds is 26. The van der Waals surface area contributed by atoms with Crippen molar-refractivity contribution in [3.8, 4) is 5.69 Å². The molecule has 26 heteroatoms. The molecular formula is C43H46FN9O16. The van der Waals surface area contributed by atoms with Crippen LogP contribution in [-0.2, 0) is 48.0 Å². The molecule has 0 fully saturated rings. The van der Waals surface area contributed by atoms with Gasteiger partial charge in [0.15, 0.2) is 0 Å². The molecule has 25 nitrogen and oxygen atoms in total. The maximum absolute atomic E-state index is 13.7. The molecule has 0 saturated heterocycles. The van der Waals surface area contributed by atoms with Gasteiger partial charge < -0.3 is 62.5 Å². The fourth-order valence-corrected chi connectivity index (χ4v) is 6.29. The van der Waals surface area contributed by atoms with Crippen LogP contribution in [0.1, 0.15) is 69.6 Å². The number of hydrogen-bond donors (Lipinski definition) is 12. The van der Waals surface area contributed by atoms with E-state index in [9.17, 15) is 72.8 Å². The lowest BCUT2D eigenvalue weighted by Crippen LogP contribution is -2.51. The number of aryl methyl sites for hydroxylation is 1. The lowest BCUT2D eigenvalue weighted by atomic mass is 10.0. The van der Waals surface area contributed by atoms with Crippen LogP contribution < -0.4 is 31.9 Å². The first-order valence-corrected chi connectivity index (χ1v) is 20.6. The summed E-state index contributed by atoms with van der Waals surface area (Å²) in [5.41, 5.74) is 1.72. The number of carboxylic acids is 6. The highest BCUT2D eigenvalue weighted by atomic mass is 18.2. The molecule has 4 aromatic rings. The second-order valence-electron chi connectivity index (χ2n) is 15.1. The topological polar surface area (TPSA) is 395 Å². The van der Waals surface area contributed by atoms with Crippen molar-refractivity contribution in [3.05, 3.63) is 101 Å². The third-order valence-electron chi connectivity index (χ3n) is 9.82. The first kappa shape index (κ1) is 52.7. The number of nitrogens with zero attached hydrogens (tertiary/aromatic N) is 3. The van der Waals surface area contributed by atoms with E-state index in [1.807, 2.05) is 10.6 Å². The van der Waals surface area contributed by atoms with Gasteiger partial charge in [-0.1, -0.05) is 29.5 Å². The molecule has 0 saturated carbocycles. The fraction of sp³-hybridized carbons (Fsp3) is 0.302. The molecule has 0 unspecified atom stereocenters. The molecule has 4 rings (SSSR count). The number of alkyl halides is 1. The summed E-state index contributed by atoms with van der Waals surface area (Å²) in [5, 5.41) is 77.5. The largest absolute Gasteiger partial charge is 0.481 e. The number of aromatic nitrogens is 3. The zero-order chi connectivity index (χ0) is 50.8. The van der Waals surface area contributed by atoms with Crippen molar-refractivity contribution in [1.82, 2.24) is 36.3 Å². The van der Waals surface area contributed by atoms with Crippen LogP contribution in [0.5, 0.6) is 0 Å². The Labute approximate surface area is 389 Å². The van der Waals surface area contributed by atoms with Crippen molar-refractivity contribution in [1.29, 1.82) is 0 Å². The van der Waals surface area contributed by atoms with Crippen LogP contribution in [-0.4, -0.2) is 136 Å². The fourth-order valence-electron chi connectivity index (χ4n) is 6.29. The number of carbonyl (C=O) groups excluding carboxylic acids is 4. The van der Waals surface area contributed by atoms with Crippen molar-refractivity contribution in [2.24, 2.45) is 0 Å². The molecule has 12 N–H and O–H groups in total. The minimum absolute atomic E-state index is 0.0464. The first-order valence-electron chi connectivity index (χ1n) is 20.6. The molecule has 4 atom stereocenters.